The molecule has 0 amide bonds. The molecule has 15 heavy (non-hydrogen) atoms. The maximum absolute atomic E-state index is 5.65. The van der Waals surface area contributed by atoms with E-state index in [4.69, 9.17) is 9.47 Å². The van der Waals surface area contributed by atoms with E-state index in [1.54, 1.807) is 0 Å². The molecule has 0 bridgehead atoms. The Bertz CT molecular complexity index is 304. The summed E-state index contributed by atoms with van der Waals surface area (Å²) in [7, 11) is 0. The molecule has 2 nitrogen and oxygen atoms in total. The van der Waals surface area contributed by atoms with Gasteiger partial charge in [0.05, 0.1) is 30.8 Å². The van der Waals surface area contributed by atoms with Gasteiger partial charge in [-0.25, -0.2) is 0 Å². The lowest BCUT2D eigenvalue weighted by Crippen LogP contribution is -2.31. The van der Waals surface area contributed by atoms with Gasteiger partial charge >= 0.3 is 0 Å². The molecule has 1 aliphatic rings. The maximum atomic E-state index is 5.65. The predicted octanol–water partition coefficient (Wildman–Crippen LogP) is 2.85. The first-order valence-electron chi connectivity index (χ1n) is 5.17. The number of rotatable bonds is 2. The van der Waals surface area contributed by atoms with Crippen molar-refractivity contribution in [3.8, 4) is 0 Å². The van der Waals surface area contributed by atoms with Crippen LogP contribution < -0.4 is 0 Å². The molecule has 2 rings (SSSR count). The summed E-state index contributed by atoms with van der Waals surface area (Å²) in [5.74, 6) is 0. The number of benzene rings is 1. The van der Waals surface area contributed by atoms with Crippen LogP contribution in [0.5, 0.6) is 0 Å². The summed E-state index contributed by atoms with van der Waals surface area (Å²) in [6.45, 7) is 4.17. The lowest BCUT2D eigenvalue weighted by atomic mass is 10.1. The molecule has 1 saturated heterocycles. The van der Waals surface area contributed by atoms with Crippen molar-refractivity contribution in [3.63, 3.8) is 0 Å². The maximum Gasteiger partial charge on any atom is 0.0975 e. The SMILES string of the molecule is Cc1ccc(C(Br)C2COCCO2)cc1. The van der Waals surface area contributed by atoms with Gasteiger partial charge in [-0.15, -0.1) is 0 Å². The monoisotopic (exact) mass is 270 g/mol. The van der Waals surface area contributed by atoms with Gasteiger partial charge in [-0.3, -0.25) is 0 Å². The highest BCUT2D eigenvalue weighted by Gasteiger charge is 2.23. The van der Waals surface area contributed by atoms with E-state index < -0.39 is 0 Å². The van der Waals surface area contributed by atoms with Gasteiger partial charge in [-0.2, -0.15) is 0 Å². The third kappa shape index (κ3) is 2.80. The Morgan fingerprint density at radius 3 is 2.60 bits per heavy atom. The van der Waals surface area contributed by atoms with Crippen molar-refractivity contribution in [2.75, 3.05) is 19.8 Å². The molecule has 1 aliphatic heterocycles. The minimum Gasteiger partial charge on any atom is -0.376 e. The van der Waals surface area contributed by atoms with Crippen LogP contribution >= 0.6 is 15.9 Å². The zero-order valence-corrected chi connectivity index (χ0v) is 10.4. The lowest BCUT2D eigenvalue weighted by Gasteiger charge is -2.27. The van der Waals surface area contributed by atoms with Gasteiger partial charge < -0.3 is 9.47 Å². The van der Waals surface area contributed by atoms with E-state index in [9.17, 15) is 0 Å². The third-order valence-corrected chi connectivity index (χ3v) is 3.68. The summed E-state index contributed by atoms with van der Waals surface area (Å²) in [6.07, 6.45) is 0.126. The molecule has 0 radical (unpaired) electrons. The summed E-state index contributed by atoms with van der Waals surface area (Å²) in [4.78, 5) is 0.221. The molecule has 0 aliphatic carbocycles. The Morgan fingerprint density at radius 1 is 1.27 bits per heavy atom. The number of hydrogen-bond acceptors (Lipinski definition) is 2. The van der Waals surface area contributed by atoms with Crippen molar-refractivity contribution in [2.24, 2.45) is 0 Å². The van der Waals surface area contributed by atoms with Crippen molar-refractivity contribution in [1.82, 2.24) is 0 Å². The van der Waals surface area contributed by atoms with Crippen molar-refractivity contribution in [2.45, 2.75) is 17.9 Å². The van der Waals surface area contributed by atoms with Gasteiger partial charge in [0.2, 0.25) is 0 Å². The second-order valence-electron chi connectivity index (χ2n) is 3.80. The first-order valence-corrected chi connectivity index (χ1v) is 6.09. The van der Waals surface area contributed by atoms with E-state index in [1.807, 2.05) is 0 Å². The molecule has 2 atom stereocenters. The first-order chi connectivity index (χ1) is 7.27. The van der Waals surface area contributed by atoms with Crippen molar-refractivity contribution >= 4 is 15.9 Å². The van der Waals surface area contributed by atoms with Crippen LogP contribution in [0.4, 0.5) is 0 Å². The van der Waals surface area contributed by atoms with E-state index in [1.165, 1.54) is 11.1 Å². The highest BCUT2D eigenvalue weighted by molar-refractivity contribution is 9.09. The quantitative estimate of drug-likeness (QED) is 0.770. The summed E-state index contributed by atoms with van der Waals surface area (Å²) in [5.41, 5.74) is 2.52. The van der Waals surface area contributed by atoms with Crippen LogP contribution in [0.15, 0.2) is 24.3 Å². The average molecular weight is 271 g/mol. The van der Waals surface area contributed by atoms with Gasteiger partial charge in [-0.05, 0) is 12.5 Å². The van der Waals surface area contributed by atoms with Crippen molar-refractivity contribution in [1.29, 1.82) is 0 Å². The molecule has 2 unspecified atom stereocenters. The Balaban J connectivity index is 2.05. The van der Waals surface area contributed by atoms with Crippen LogP contribution in [0.2, 0.25) is 0 Å². The summed E-state index contributed by atoms with van der Waals surface area (Å²) >= 11 is 3.67. The smallest absolute Gasteiger partial charge is 0.0975 e. The van der Waals surface area contributed by atoms with Crippen LogP contribution in [-0.4, -0.2) is 25.9 Å². The number of ether oxygens (including phenoxy) is 2. The summed E-state index contributed by atoms with van der Waals surface area (Å²) in [5, 5.41) is 0. The van der Waals surface area contributed by atoms with Crippen molar-refractivity contribution in [3.05, 3.63) is 35.4 Å². The van der Waals surface area contributed by atoms with Gasteiger partial charge in [0.15, 0.2) is 0 Å². The minimum atomic E-state index is 0.126. The van der Waals surface area contributed by atoms with E-state index in [0.29, 0.717) is 19.8 Å². The Labute approximate surface area is 98.7 Å². The molecule has 1 fully saturated rings. The Hall–Kier alpha value is -0.380. The Morgan fingerprint density at radius 2 is 2.00 bits per heavy atom. The molecule has 0 spiro atoms. The number of hydrogen-bond donors (Lipinski definition) is 0. The van der Waals surface area contributed by atoms with Crippen LogP contribution in [0.1, 0.15) is 16.0 Å². The molecule has 3 heteroatoms. The molecule has 1 heterocycles. The molecule has 0 aromatic heterocycles. The Kier molecular flexibility index (Phi) is 3.78. The minimum absolute atomic E-state index is 0.126. The van der Waals surface area contributed by atoms with Crippen LogP contribution in [0, 0.1) is 6.92 Å². The fourth-order valence-electron chi connectivity index (χ4n) is 1.64. The van der Waals surface area contributed by atoms with Gasteiger partial charge in [0.25, 0.3) is 0 Å². The molecular weight excluding hydrogens is 256 g/mol. The van der Waals surface area contributed by atoms with E-state index in [0.717, 1.165) is 0 Å². The molecule has 82 valence electrons. The van der Waals surface area contributed by atoms with Crippen molar-refractivity contribution < 1.29 is 9.47 Å². The fourth-order valence-corrected chi connectivity index (χ4v) is 2.25. The number of aryl methyl sites for hydroxylation is 1. The van der Waals surface area contributed by atoms with E-state index in [-0.39, 0.29) is 10.9 Å². The molecular formula is C12H15BrO2. The second-order valence-corrected chi connectivity index (χ2v) is 4.78. The lowest BCUT2D eigenvalue weighted by molar-refractivity contribution is -0.0876. The third-order valence-electron chi connectivity index (χ3n) is 2.56. The predicted molar refractivity (Wildman–Crippen MR) is 63.4 cm³/mol. The molecule has 1 aromatic carbocycles. The number of alkyl halides is 1. The summed E-state index contributed by atoms with van der Waals surface area (Å²) in [6, 6.07) is 8.50. The van der Waals surface area contributed by atoms with Gasteiger partial charge in [-0.1, -0.05) is 45.8 Å². The highest BCUT2D eigenvalue weighted by atomic mass is 79.9. The standard InChI is InChI=1S/C12H15BrO2/c1-9-2-4-10(5-3-9)12(13)11-8-14-6-7-15-11/h2-5,11-12H,6-8H2,1H3. The average Bonchev–Trinajstić information content (AvgIpc) is 2.30. The van der Waals surface area contributed by atoms with E-state index >= 15 is 0 Å². The zero-order chi connectivity index (χ0) is 10.7. The van der Waals surface area contributed by atoms with Gasteiger partial charge in [0, 0.05) is 0 Å². The van der Waals surface area contributed by atoms with E-state index in [2.05, 4.69) is 47.1 Å². The normalized spacial score (nSPS) is 23.7. The fraction of sp³-hybridized carbons (Fsp3) is 0.500. The largest absolute Gasteiger partial charge is 0.376 e. The summed E-state index contributed by atoms with van der Waals surface area (Å²) < 4.78 is 11.0. The second kappa shape index (κ2) is 5.10. The molecule has 1 aromatic rings. The zero-order valence-electron chi connectivity index (χ0n) is 8.78. The van der Waals surface area contributed by atoms with Crippen LogP contribution in [0.25, 0.3) is 0 Å². The first kappa shape index (κ1) is 11.1. The van der Waals surface area contributed by atoms with Gasteiger partial charge in [0.1, 0.15) is 0 Å². The van der Waals surface area contributed by atoms with Crippen LogP contribution in [0.3, 0.4) is 0 Å². The highest BCUT2D eigenvalue weighted by Crippen LogP contribution is 2.29. The molecule has 0 N–H and O–H groups in total. The topological polar surface area (TPSA) is 18.5 Å². The van der Waals surface area contributed by atoms with Crippen LogP contribution in [-0.2, 0) is 9.47 Å². The number of halogens is 1. The molecule has 0 saturated carbocycles.